The Morgan fingerprint density at radius 2 is 1.09 bits per heavy atom. The molecule has 7 aromatic carbocycles. The van der Waals surface area contributed by atoms with E-state index in [-0.39, 0.29) is 42.7 Å². The van der Waals surface area contributed by atoms with Crippen molar-refractivity contribution in [2.45, 2.75) is 130 Å². The van der Waals surface area contributed by atoms with Gasteiger partial charge >= 0.3 is 0 Å². The van der Waals surface area contributed by atoms with Crippen molar-refractivity contribution >= 4 is 33.2 Å². The fraction of sp³-hybridized carbons (Fsp3) is 0.286. The van der Waals surface area contributed by atoms with Crippen molar-refractivity contribution in [3.05, 3.63) is 234 Å². The van der Waals surface area contributed by atoms with Crippen molar-refractivity contribution in [2.24, 2.45) is 0 Å². The van der Waals surface area contributed by atoms with Crippen LogP contribution in [0.15, 0.2) is 170 Å². The maximum absolute atomic E-state index is 7.09. The molecule has 1 aliphatic heterocycles. The number of ether oxygens (including phenoxy) is 1. The first-order chi connectivity index (χ1) is 35.6. The molecule has 76 heavy (non-hydrogen) atoms. The number of anilines is 2. The van der Waals surface area contributed by atoms with Crippen molar-refractivity contribution < 1.29 is 25.8 Å². The fourth-order valence-corrected chi connectivity index (χ4v) is 10.7. The third-order valence-corrected chi connectivity index (χ3v) is 15.6. The average molecular weight is 1180 g/mol. The molecule has 0 saturated carbocycles. The van der Waals surface area contributed by atoms with Crippen molar-refractivity contribution in [1.29, 1.82) is 0 Å². The molecule has 6 heteroatoms. The van der Waals surface area contributed by atoms with Crippen LogP contribution in [0.3, 0.4) is 0 Å². The van der Waals surface area contributed by atoms with Gasteiger partial charge in [0.05, 0.1) is 0 Å². The second-order valence-electron chi connectivity index (χ2n) is 24.4. The molecule has 10 rings (SSSR count). The summed E-state index contributed by atoms with van der Waals surface area (Å²) in [5, 5.41) is 2.22. The first-order valence-corrected chi connectivity index (χ1v) is 26.8. The molecule has 5 nitrogen and oxygen atoms in total. The predicted molar refractivity (Wildman–Crippen MR) is 316 cm³/mol. The molecular weight excluding hydrogens is 1110 g/mol. The molecule has 0 radical (unpaired) electrons. The zero-order chi connectivity index (χ0) is 53.2. The van der Waals surface area contributed by atoms with Crippen LogP contribution < -0.4 is 14.5 Å². The number of pyridine rings is 1. The van der Waals surface area contributed by atoms with E-state index < -0.39 is 0 Å². The molecule has 0 bridgehead atoms. The molecule has 2 aromatic heterocycles. The topological polar surface area (TPSA) is 33.5 Å². The van der Waals surface area contributed by atoms with Crippen LogP contribution in [0.4, 0.5) is 11.4 Å². The Bertz CT molecular complexity index is 3560. The van der Waals surface area contributed by atoms with Gasteiger partial charge in [-0.05, 0) is 121 Å². The van der Waals surface area contributed by atoms with E-state index >= 15 is 0 Å². The van der Waals surface area contributed by atoms with Gasteiger partial charge in [-0.1, -0.05) is 200 Å². The molecule has 0 aliphatic carbocycles. The van der Waals surface area contributed by atoms with E-state index in [1.165, 1.54) is 50.1 Å². The van der Waals surface area contributed by atoms with Crippen LogP contribution >= 0.6 is 0 Å². The monoisotopic (exact) mass is 1180 g/mol. The number of benzene rings is 7. The zero-order valence-electron chi connectivity index (χ0n) is 46.9. The van der Waals surface area contributed by atoms with Crippen LogP contribution in [-0.2, 0) is 42.7 Å². The van der Waals surface area contributed by atoms with Crippen LogP contribution in [0.2, 0.25) is 0 Å². The largest absolute Gasteiger partial charge is 0.509 e. The minimum absolute atomic E-state index is 0. The Labute approximate surface area is 467 Å². The molecule has 0 saturated heterocycles. The van der Waals surface area contributed by atoms with E-state index in [0.29, 0.717) is 23.3 Å². The maximum atomic E-state index is 7.09. The first kappa shape index (κ1) is 54.1. The summed E-state index contributed by atoms with van der Waals surface area (Å²) in [6.45, 7) is 34.2. The molecule has 0 amide bonds. The normalized spacial score (nSPS) is 13.4. The standard InChI is InChI=1S/C70H73N4O.Pt/c1-46(2)59-26-21-27-60(47(3)4)66(59)48-36-55(72-34-35-73(45-72)56-39-53(68(8,9)10)38-54(40-56)70(13,14)50-24-19-16-20-25-50)43-58(37-48)75-57-29-31-62-61-30-28-52(69(11,12)49-22-17-15-18-23-49)41-63(61)74(64(62)44-57)65-42-51(32-33-71-65)67(5,6)7;/h15-42,45-47H,1-14H3;/q-3;. The summed E-state index contributed by atoms with van der Waals surface area (Å²) in [5.41, 5.74) is 15.8. The Morgan fingerprint density at radius 1 is 0.500 bits per heavy atom. The van der Waals surface area contributed by atoms with Gasteiger partial charge in [-0.15, -0.1) is 53.6 Å². The molecule has 3 heterocycles. The van der Waals surface area contributed by atoms with Crippen LogP contribution in [0.1, 0.15) is 153 Å². The second kappa shape index (κ2) is 20.7. The van der Waals surface area contributed by atoms with Gasteiger partial charge in [-0.2, -0.15) is 6.07 Å². The third kappa shape index (κ3) is 10.5. The first-order valence-electron chi connectivity index (χ1n) is 26.8. The Kier molecular flexibility index (Phi) is 14.7. The summed E-state index contributed by atoms with van der Waals surface area (Å²) in [4.78, 5) is 9.46. The number of aromatic nitrogens is 2. The SMILES string of the molecule is CC(C)c1cccc(C(C)C)c1-c1cc(Oc2[c-]c3c(cc2)c2ccc(C(C)(C)c4ccccc4)cc2n3-c2cc(C(C)(C)C)ccn2)[c-]c(N2C=CN(c3cc(C(C)(C)C)cc(C(C)(C)c4ccccc4)c3)[CH-]2)c1.[Pt]. The molecule has 1 aliphatic rings. The van der Waals surface area contributed by atoms with E-state index in [4.69, 9.17) is 9.72 Å². The molecule has 0 fully saturated rings. The summed E-state index contributed by atoms with van der Waals surface area (Å²) in [5.74, 6) is 2.65. The predicted octanol–water partition coefficient (Wildman–Crippen LogP) is 18.6. The molecule has 9 aromatic rings. The quantitative estimate of drug-likeness (QED) is 0.114. The summed E-state index contributed by atoms with van der Waals surface area (Å²) >= 11 is 0. The maximum Gasteiger partial charge on any atom is 0.135 e. The van der Waals surface area contributed by atoms with Gasteiger partial charge in [-0.25, -0.2) is 4.98 Å². The summed E-state index contributed by atoms with van der Waals surface area (Å²) in [6, 6.07) is 62.9. The average Bonchev–Trinajstić information content (AvgIpc) is 4.03. The van der Waals surface area contributed by atoms with Crippen molar-refractivity contribution in [1.82, 2.24) is 9.55 Å². The van der Waals surface area contributed by atoms with Crippen molar-refractivity contribution in [3.63, 3.8) is 0 Å². The molecular formula is C70H73N4OPt-3. The Hall–Kier alpha value is -6.68. The molecule has 0 N–H and O–H groups in total. The van der Waals surface area contributed by atoms with Crippen molar-refractivity contribution in [3.8, 4) is 28.4 Å². The number of hydrogen-bond donors (Lipinski definition) is 0. The van der Waals surface area contributed by atoms with Gasteiger partial charge in [-0.3, -0.25) is 0 Å². The molecule has 392 valence electrons. The minimum atomic E-state index is -0.241. The van der Waals surface area contributed by atoms with E-state index in [9.17, 15) is 0 Å². The summed E-state index contributed by atoms with van der Waals surface area (Å²) < 4.78 is 9.36. The number of rotatable bonds is 12. The van der Waals surface area contributed by atoms with E-state index in [0.717, 1.165) is 44.6 Å². The number of nitrogens with zero attached hydrogens (tertiary/aromatic N) is 4. The molecule has 0 spiro atoms. The second-order valence-corrected chi connectivity index (χ2v) is 24.4. The minimum Gasteiger partial charge on any atom is -0.509 e. The number of fused-ring (bicyclic) bond motifs is 3. The molecule has 0 unspecified atom stereocenters. The Balaban J connectivity index is 0.00000706. The van der Waals surface area contributed by atoms with Crippen LogP contribution in [-0.4, -0.2) is 9.55 Å². The number of hydrogen-bond acceptors (Lipinski definition) is 4. The van der Waals surface area contributed by atoms with Crippen molar-refractivity contribution in [2.75, 3.05) is 9.80 Å². The summed E-state index contributed by atoms with van der Waals surface area (Å²) in [7, 11) is 0. The fourth-order valence-electron chi connectivity index (χ4n) is 10.7. The van der Waals surface area contributed by atoms with Gasteiger partial charge in [0.15, 0.2) is 0 Å². The van der Waals surface area contributed by atoms with E-state index in [1.807, 2.05) is 6.20 Å². The van der Waals surface area contributed by atoms with E-state index in [1.54, 1.807) is 0 Å². The van der Waals surface area contributed by atoms with E-state index in [2.05, 4.69) is 294 Å². The van der Waals surface area contributed by atoms with Crippen LogP contribution in [0.25, 0.3) is 38.8 Å². The van der Waals surface area contributed by atoms with Gasteiger partial charge in [0, 0.05) is 60.8 Å². The Morgan fingerprint density at radius 3 is 1.71 bits per heavy atom. The van der Waals surface area contributed by atoms with Gasteiger partial charge < -0.3 is 19.1 Å². The smallest absolute Gasteiger partial charge is 0.135 e. The molecule has 0 atom stereocenters. The van der Waals surface area contributed by atoms with Gasteiger partial charge in [0.1, 0.15) is 5.82 Å². The summed E-state index contributed by atoms with van der Waals surface area (Å²) in [6.07, 6.45) is 6.22. The van der Waals surface area contributed by atoms with Crippen LogP contribution in [0, 0.1) is 18.8 Å². The van der Waals surface area contributed by atoms with Crippen LogP contribution in [0.5, 0.6) is 11.5 Å². The zero-order valence-corrected chi connectivity index (χ0v) is 49.2. The van der Waals surface area contributed by atoms with Gasteiger partial charge in [0.25, 0.3) is 0 Å². The third-order valence-electron chi connectivity index (χ3n) is 15.6. The van der Waals surface area contributed by atoms with Gasteiger partial charge in [0.2, 0.25) is 0 Å².